The van der Waals surface area contributed by atoms with Crippen molar-refractivity contribution in [2.24, 2.45) is 0 Å². The number of nitrogens with one attached hydrogen (secondary N) is 3. The molecule has 1 aliphatic rings. The molecule has 1 unspecified atom stereocenters. The largest absolute Gasteiger partial charge is 0.434 e. The zero-order chi connectivity index (χ0) is 28.3. The fourth-order valence-corrected chi connectivity index (χ4v) is 6.22. The molecule has 0 spiro atoms. The molecule has 1 heterocycles. The maximum absolute atomic E-state index is 13.2. The lowest BCUT2D eigenvalue weighted by molar-refractivity contribution is -0.126. The van der Waals surface area contributed by atoms with Gasteiger partial charge in [-0.15, -0.1) is 11.3 Å². The molecular weight excluding hydrogens is 558 g/mol. The Balaban J connectivity index is 1.66. The molecule has 3 aromatic rings. The quantitative estimate of drug-likeness (QED) is 0.267. The molecule has 1 atom stereocenters. The number of nitrogens with zero attached hydrogens (tertiary/aromatic N) is 1. The second-order valence-corrected chi connectivity index (χ2v) is 12.0. The highest BCUT2D eigenvalue weighted by Gasteiger charge is 2.34. The second kappa shape index (κ2) is 11.6. The van der Waals surface area contributed by atoms with Gasteiger partial charge in [0.15, 0.2) is 15.1 Å². The number of rotatable bonds is 11. The number of sulfone groups is 1. The molecule has 0 aliphatic heterocycles. The van der Waals surface area contributed by atoms with Crippen LogP contribution in [-0.4, -0.2) is 68.3 Å². The Kier molecular flexibility index (Phi) is 8.42. The average molecular weight is 583 g/mol. The first-order chi connectivity index (χ1) is 18.4. The number of aliphatic hydroxyl groups excluding tert-OH is 1. The average Bonchev–Trinajstić information content (AvgIpc) is 3.58. The number of carbonyl (C=O) groups is 3. The first-order valence-electron chi connectivity index (χ1n) is 11.6. The van der Waals surface area contributed by atoms with Crippen molar-refractivity contribution < 1.29 is 41.4 Å². The van der Waals surface area contributed by atoms with Crippen LogP contribution in [-0.2, 0) is 24.2 Å². The topological polar surface area (TPSA) is 164 Å². The van der Waals surface area contributed by atoms with Crippen LogP contribution in [0.4, 0.5) is 14.5 Å². The Morgan fingerprint density at radius 1 is 1.15 bits per heavy atom. The van der Waals surface area contributed by atoms with Crippen molar-refractivity contribution in [2.45, 2.75) is 30.7 Å². The van der Waals surface area contributed by atoms with Crippen LogP contribution in [0.25, 0.3) is 21.3 Å². The van der Waals surface area contributed by atoms with E-state index >= 15 is 0 Å². The molecule has 1 aromatic heterocycles. The van der Waals surface area contributed by atoms with E-state index in [0.717, 1.165) is 30.4 Å². The van der Waals surface area contributed by atoms with Crippen molar-refractivity contribution in [2.75, 3.05) is 24.7 Å². The van der Waals surface area contributed by atoms with Crippen molar-refractivity contribution in [3.63, 3.8) is 0 Å². The predicted octanol–water partition coefficient (Wildman–Crippen LogP) is 1.98. The van der Waals surface area contributed by atoms with Gasteiger partial charge in [-0.05, 0) is 36.6 Å². The zero-order valence-corrected chi connectivity index (χ0v) is 22.1. The number of ether oxygens (including phenoxy) is 1. The molecule has 1 aliphatic carbocycles. The molecule has 4 N–H and O–H groups in total. The highest BCUT2D eigenvalue weighted by Crippen LogP contribution is 2.39. The Hall–Kier alpha value is -3.69. The molecule has 0 bridgehead atoms. The smallest absolute Gasteiger partial charge is 0.387 e. The molecule has 15 heteroatoms. The molecule has 0 radical (unpaired) electrons. The van der Waals surface area contributed by atoms with Crippen LogP contribution >= 0.6 is 11.3 Å². The van der Waals surface area contributed by atoms with Crippen LogP contribution in [0.3, 0.4) is 0 Å². The molecule has 39 heavy (non-hydrogen) atoms. The summed E-state index contributed by atoms with van der Waals surface area (Å²) in [6.07, 6.45) is 2.56. The fourth-order valence-electron chi connectivity index (χ4n) is 3.69. The predicted molar refractivity (Wildman–Crippen MR) is 139 cm³/mol. The third-order valence-electron chi connectivity index (χ3n) is 5.60. The van der Waals surface area contributed by atoms with E-state index in [1.165, 1.54) is 36.4 Å². The normalized spacial score (nSPS) is 14.2. The number of thiazole rings is 1. The first kappa shape index (κ1) is 28.3. The molecule has 4 rings (SSSR count). The number of aromatic nitrogens is 1. The van der Waals surface area contributed by atoms with Gasteiger partial charge in [-0.3, -0.25) is 14.4 Å². The van der Waals surface area contributed by atoms with Crippen LogP contribution in [0.2, 0.25) is 0 Å². The molecule has 1 fully saturated rings. The van der Waals surface area contributed by atoms with E-state index in [1.54, 1.807) is 0 Å². The van der Waals surface area contributed by atoms with Crippen molar-refractivity contribution >= 4 is 54.8 Å². The first-order valence-corrected chi connectivity index (χ1v) is 14.4. The van der Waals surface area contributed by atoms with Gasteiger partial charge in [-0.2, -0.15) is 8.78 Å². The molecule has 0 saturated heterocycles. The van der Waals surface area contributed by atoms with Gasteiger partial charge in [-0.1, -0.05) is 12.1 Å². The van der Waals surface area contributed by atoms with Gasteiger partial charge in [-0.25, -0.2) is 13.4 Å². The third-order valence-corrected chi connectivity index (χ3v) is 8.13. The molecule has 1 saturated carbocycles. The van der Waals surface area contributed by atoms with Crippen LogP contribution in [0.5, 0.6) is 5.75 Å². The number of carbonyl (C=O) groups excluding carboxylic acids is 3. The fraction of sp³-hybridized carbons (Fsp3) is 0.333. The van der Waals surface area contributed by atoms with Crippen LogP contribution in [0, 0.1) is 0 Å². The monoisotopic (exact) mass is 582 g/mol. The van der Waals surface area contributed by atoms with Crippen molar-refractivity contribution in [3.05, 3.63) is 41.4 Å². The van der Waals surface area contributed by atoms with Gasteiger partial charge in [0.2, 0.25) is 17.7 Å². The zero-order valence-electron chi connectivity index (χ0n) is 20.4. The highest BCUT2D eigenvalue weighted by atomic mass is 32.2. The minimum atomic E-state index is -4.03. The summed E-state index contributed by atoms with van der Waals surface area (Å²) >= 11 is 0.887. The van der Waals surface area contributed by atoms with Gasteiger partial charge in [0.1, 0.15) is 17.4 Å². The van der Waals surface area contributed by atoms with E-state index in [4.69, 9.17) is 9.84 Å². The van der Waals surface area contributed by atoms with Crippen molar-refractivity contribution in [1.82, 2.24) is 15.6 Å². The van der Waals surface area contributed by atoms with Crippen molar-refractivity contribution in [1.29, 1.82) is 0 Å². The molecule has 3 amide bonds. The lowest BCUT2D eigenvalue weighted by Gasteiger charge is -2.12. The summed E-state index contributed by atoms with van der Waals surface area (Å²) < 4.78 is 56.6. The summed E-state index contributed by atoms with van der Waals surface area (Å²) in [5.74, 6) is -2.25. The minimum Gasteiger partial charge on any atom is -0.434 e. The Labute approximate surface area is 225 Å². The van der Waals surface area contributed by atoms with Gasteiger partial charge in [0, 0.05) is 29.6 Å². The number of anilines is 1. The number of fused-ring (bicyclic) bond motifs is 1. The second-order valence-electron chi connectivity index (χ2n) is 8.80. The number of hydrogen-bond donors (Lipinski definition) is 4. The van der Waals surface area contributed by atoms with E-state index in [1.807, 2.05) is 0 Å². The Morgan fingerprint density at radius 3 is 2.44 bits per heavy atom. The molecular formula is C24H24F2N4O7S2. The lowest BCUT2D eigenvalue weighted by Crippen LogP contribution is -2.41. The summed E-state index contributed by atoms with van der Waals surface area (Å²) in [6, 6.07) is 8.84. The standard InChI is InChI=1S/C24H24F2N4O7S2/c1-39(35,36)21(22(34)27-10-19(32)28-14-6-7-14)23-30-16-9-17(37-24(25)26)15(8-18(16)38-23)12-2-4-13(5-3-12)29-20(33)11-31/h2-5,8-9,14,21,24,31H,6-7,10-11H2,1H3,(H,27,34)(H,28,32)(H,29,33). The summed E-state index contributed by atoms with van der Waals surface area (Å²) in [6.45, 7) is -4.28. The van der Waals surface area contributed by atoms with Crippen LogP contribution < -0.4 is 20.7 Å². The van der Waals surface area contributed by atoms with E-state index in [2.05, 4.69) is 20.9 Å². The summed E-state index contributed by atoms with van der Waals surface area (Å²) in [5.41, 5.74) is 1.16. The molecule has 11 nitrogen and oxygen atoms in total. The summed E-state index contributed by atoms with van der Waals surface area (Å²) in [5, 5.41) is 14.5. The van der Waals surface area contributed by atoms with Gasteiger partial charge in [0.05, 0.1) is 16.8 Å². The van der Waals surface area contributed by atoms with Gasteiger partial charge >= 0.3 is 6.61 Å². The van der Waals surface area contributed by atoms with Crippen LogP contribution in [0.15, 0.2) is 36.4 Å². The van der Waals surface area contributed by atoms with Crippen LogP contribution in [0.1, 0.15) is 23.1 Å². The lowest BCUT2D eigenvalue weighted by atomic mass is 10.0. The van der Waals surface area contributed by atoms with E-state index in [9.17, 15) is 31.6 Å². The number of hydrogen-bond acceptors (Lipinski definition) is 9. The summed E-state index contributed by atoms with van der Waals surface area (Å²) in [7, 11) is -4.03. The minimum absolute atomic E-state index is 0.0683. The Bertz CT molecular complexity index is 1510. The Morgan fingerprint density at radius 2 is 1.85 bits per heavy atom. The van der Waals surface area contributed by atoms with Gasteiger partial charge in [0.25, 0.3) is 0 Å². The maximum atomic E-state index is 13.2. The summed E-state index contributed by atoms with van der Waals surface area (Å²) in [4.78, 5) is 40.4. The molecule has 208 valence electrons. The number of benzene rings is 2. The maximum Gasteiger partial charge on any atom is 0.387 e. The van der Waals surface area contributed by atoms with Gasteiger partial charge < -0.3 is 25.8 Å². The molecule has 2 aromatic carbocycles. The number of amides is 3. The van der Waals surface area contributed by atoms with E-state index in [0.29, 0.717) is 16.0 Å². The van der Waals surface area contributed by atoms with E-state index in [-0.39, 0.29) is 27.9 Å². The third kappa shape index (κ3) is 7.25. The SMILES string of the molecule is CS(=O)(=O)C(C(=O)NCC(=O)NC1CC1)c1nc2cc(OC(F)F)c(-c3ccc(NC(=O)CO)cc3)cc2s1. The van der Waals surface area contributed by atoms with Crippen molar-refractivity contribution in [3.8, 4) is 16.9 Å². The number of alkyl halides is 2. The van der Waals surface area contributed by atoms with E-state index < -0.39 is 52.6 Å². The number of aliphatic hydroxyl groups is 1. The number of halogens is 2. The highest BCUT2D eigenvalue weighted by molar-refractivity contribution is 7.91.